The molecule has 2 aromatic rings. The molecule has 0 spiro atoms. The average molecular weight is 395 g/mol. The molecule has 2 N–H and O–H groups in total. The van der Waals surface area contributed by atoms with Crippen LogP contribution < -0.4 is 5.43 Å². The quantitative estimate of drug-likeness (QED) is 0.506. The molecule has 0 unspecified atom stereocenters. The number of H-pyrrole nitrogens is 1. The number of nitrogens with one attached hydrogen (secondary N) is 2. The summed E-state index contributed by atoms with van der Waals surface area (Å²) in [6.07, 6.45) is 10.1. The Morgan fingerprint density at radius 2 is 1.93 bits per heavy atom. The summed E-state index contributed by atoms with van der Waals surface area (Å²) in [5.41, 5.74) is 8.78. The van der Waals surface area contributed by atoms with E-state index in [0.717, 1.165) is 43.9 Å². The van der Waals surface area contributed by atoms with Gasteiger partial charge in [0.15, 0.2) is 0 Å². The molecule has 29 heavy (non-hydrogen) atoms. The lowest BCUT2D eigenvalue weighted by Crippen LogP contribution is -2.23. The number of aromatic amines is 1. The third-order valence-electron chi connectivity index (χ3n) is 5.54. The molecule has 0 atom stereocenters. The van der Waals surface area contributed by atoms with Gasteiger partial charge in [0.25, 0.3) is 5.91 Å². The Bertz CT molecular complexity index is 909. The van der Waals surface area contributed by atoms with Gasteiger partial charge in [-0.15, -0.1) is 0 Å². The molecule has 0 aliphatic carbocycles. The third kappa shape index (κ3) is 4.79. The Hall–Kier alpha value is -2.80. The zero-order valence-corrected chi connectivity index (χ0v) is 17.7. The van der Waals surface area contributed by atoms with Gasteiger partial charge in [-0.3, -0.25) is 14.8 Å². The van der Waals surface area contributed by atoms with Crippen LogP contribution in [0.25, 0.3) is 6.08 Å². The maximum Gasteiger partial charge on any atom is 0.273 e. The number of rotatable bonds is 9. The van der Waals surface area contributed by atoms with Gasteiger partial charge in [0, 0.05) is 23.8 Å². The van der Waals surface area contributed by atoms with E-state index in [2.05, 4.69) is 58.1 Å². The number of unbranched alkanes of at least 4 members (excludes halogenated alkanes) is 1. The van der Waals surface area contributed by atoms with E-state index in [0.29, 0.717) is 17.0 Å². The van der Waals surface area contributed by atoms with Gasteiger partial charge in [-0.05, 0) is 69.9 Å². The van der Waals surface area contributed by atoms with Crippen LogP contribution in [0.5, 0.6) is 0 Å². The lowest BCUT2D eigenvalue weighted by atomic mass is 10.0. The minimum absolute atomic E-state index is 0.224. The maximum atomic E-state index is 12.3. The molecule has 0 fully saturated rings. The zero-order chi connectivity index (χ0) is 20.8. The fraction of sp³-hybridized carbons (Fsp3) is 0.455. The van der Waals surface area contributed by atoms with Crippen molar-refractivity contribution in [3.8, 4) is 0 Å². The molecule has 2 aromatic heterocycles. The number of aryl methyl sites for hydroxylation is 1. The zero-order valence-electron chi connectivity index (χ0n) is 17.7. The van der Waals surface area contributed by atoms with Crippen molar-refractivity contribution in [2.24, 2.45) is 5.10 Å². The van der Waals surface area contributed by atoms with Crippen molar-refractivity contribution in [3.63, 3.8) is 0 Å². The van der Waals surface area contributed by atoms with E-state index in [1.165, 1.54) is 17.5 Å². The number of carbonyl (C=O) groups is 1. The summed E-state index contributed by atoms with van der Waals surface area (Å²) < 4.78 is 0. The van der Waals surface area contributed by atoms with Crippen LogP contribution in [-0.2, 0) is 11.2 Å². The van der Waals surface area contributed by atoms with Gasteiger partial charge < -0.3 is 9.88 Å². The van der Waals surface area contributed by atoms with Gasteiger partial charge in [-0.25, -0.2) is 5.43 Å². The Labute approximate surface area is 172 Å². The summed E-state index contributed by atoms with van der Waals surface area (Å²) >= 11 is 0. The molecule has 0 saturated heterocycles. The first-order valence-electron chi connectivity index (χ1n) is 10.3. The average Bonchev–Trinajstić information content (AvgIpc) is 3.23. The molecular formula is C22H30N6O. The molecule has 1 amide bonds. The Morgan fingerprint density at radius 3 is 2.62 bits per heavy atom. The fourth-order valence-electron chi connectivity index (χ4n) is 3.74. The largest absolute Gasteiger partial charge is 0.359 e. The molecule has 3 rings (SSSR count). The van der Waals surface area contributed by atoms with Gasteiger partial charge in [0.1, 0.15) is 11.4 Å². The van der Waals surface area contributed by atoms with E-state index < -0.39 is 0 Å². The van der Waals surface area contributed by atoms with E-state index in [1.807, 2.05) is 6.08 Å². The van der Waals surface area contributed by atoms with Crippen LogP contribution in [0.4, 0.5) is 0 Å². The van der Waals surface area contributed by atoms with E-state index in [4.69, 9.17) is 0 Å². The Morgan fingerprint density at radius 1 is 1.14 bits per heavy atom. The normalized spacial score (nSPS) is 15.3. The summed E-state index contributed by atoms with van der Waals surface area (Å²) in [4.78, 5) is 26.6. The van der Waals surface area contributed by atoms with E-state index in [9.17, 15) is 4.79 Å². The topological polar surface area (TPSA) is 86.3 Å². The van der Waals surface area contributed by atoms with Gasteiger partial charge in [0.2, 0.25) is 0 Å². The molecule has 0 aromatic carbocycles. The van der Waals surface area contributed by atoms with Crippen molar-refractivity contribution in [1.29, 1.82) is 0 Å². The van der Waals surface area contributed by atoms with Crippen LogP contribution in [-0.4, -0.2) is 51.1 Å². The maximum absolute atomic E-state index is 12.3. The van der Waals surface area contributed by atoms with Crippen molar-refractivity contribution in [3.05, 3.63) is 52.4 Å². The molecule has 154 valence electrons. The lowest BCUT2D eigenvalue weighted by molar-refractivity contribution is -0.116. The first-order valence-corrected chi connectivity index (χ1v) is 10.3. The van der Waals surface area contributed by atoms with Gasteiger partial charge >= 0.3 is 0 Å². The predicted octanol–water partition coefficient (Wildman–Crippen LogP) is 3.00. The monoisotopic (exact) mass is 394 g/mol. The predicted molar refractivity (Wildman–Crippen MR) is 116 cm³/mol. The highest BCUT2D eigenvalue weighted by molar-refractivity contribution is 6.32. The third-order valence-corrected chi connectivity index (χ3v) is 5.54. The number of aromatic nitrogens is 3. The van der Waals surface area contributed by atoms with Crippen LogP contribution in [0.1, 0.15) is 54.9 Å². The summed E-state index contributed by atoms with van der Waals surface area (Å²) in [7, 11) is 0. The molecule has 7 heteroatoms. The van der Waals surface area contributed by atoms with Gasteiger partial charge in [-0.1, -0.05) is 13.8 Å². The van der Waals surface area contributed by atoms with Crippen molar-refractivity contribution in [1.82, 2.24) is 25.3 Å². The number of hydrazone groups is 1. The minimum atomic E-state index is -0.224. The lowest BCUT2D eigenvalue weighted by Gasteiger charge is -2.17. The SMILES string of the molecule is CCN(CC)CCCCc1c(C)[nH]c(C=C2C(=O)NN=C2c2cnccn2)c1C. The highest BCUT2D eigenvalue weighted by Crippen LogP contribution is 2.24. The molecular weight excluding hydrogens is 364 g/mol. The molecule has 7 nitrogen and oxygen atoms in total. The summed E-state index contributed by atoms with van der Waals surface area (Å²) in [5, 5.41) is 4.14. The van der Waals surface area contributed by atoms with Crippen molar-refractivity contribution in [2.45, 2.75) is 47.0 Å². The molecule has 3 heterocycles. The Kier molecular flexibility index (Phi) is 6.93. The first kappa shape index (κ1) is 20.9. The summed E-state index contributed by atoms with van der Waals surface area (Å²) in [5.74, 6) is -0.224. The second-order valence-electron chi connectivity index (χ2n) is 7.30. The highest BCUT2D eigenvalue weighted by Gasteiger charge is 2.26. The van der Waals surface area contributed by atoms with Gasteiger partial charge in [-0.2, -0.15) is 5.10 Å². The van der Waals surface area contributed by atoms with E-state index in [1.54, 1.807) is 18.6 Å². The first-order chi connectivity index (χ1) is 14.0. The molecule has 0 bridgehead atoms. The minimum Gasteiger partial charge on any atom is -0.359 e. The number of nitrogens with zero attached hydrogens (tertiary/aromatic N) is 4. The van der Waals surface area contributed by atoms with Crippen molar-refractivity contribution >= 4 is 17.7 Å². The van der Waals surface area contributed by atoms with Crippen LogP contribution in [0.2, 0.25) is 0 Å². The standard InChI is InChI=1S/C22H30N6O/c1-5-28(6-2)12-8-7-9-17-15(3)19(25-16(17)4)13-18-21(26-27-22(18)29)20-14-23-10-11-24-20/h10-11,13-14,25H,5-9,12H2,1-4H3,(H,27,29). The van der Waals surface area contributed by atoms with Crippen LogP contribution >= 0.6 is 0 Å². The molecule has 1 aliphatic heterocycles. The number of carbonyl (C=O) groups excluding carboxylic acids is 1. The van der Waals surface area contributed by atoms with Crippen LogP contribution in [0.15, 0.2) is 29.3 Å². The molecule has 1 aliphatic rings. The highest BCUT2D eigenvalue weighted by atomic mass is 16.2. The van der Waals surface area contributed by atoms with Crippen molar-refractivity contribution in [2.75, 3.05) is 19.6 Å². The molecule has 0 saturated carbocycles. The second-order valence-corrected chi connectivity index (χ2v) is 7.30. The smallest absolute Gasteiger partial charge is 0.273 e. The summed E-state index contributed by atoms with van der Waals surface area (Å²) in [6.45, 7) is 12.0. The van der Waals surface area contributed by atoms with E-state index >= 15 is 0 Å². The van der Waals surface area contributed by atoms with Crippen LogP contribution in [0, 0.1) is 13.8 Å². The number of hydrogen-bond donors (Lipinski definition) is 2. The fourth-order valence-corrected chi connectivity index (χ4v) is 3.74. The van der Waals surface area contributed by atoms with E-state index in [-0.39, 0.29) is 5.91 Å². The van der Waals surface area contributed by atoms with Crippen LogP contribution in [0.3, 0.4) is 0 Å². The molecule has 0 radical (unpaired) electrons. The number of hydrogen-bond acceptors (Lipinski definition) is 5. The second kappa shape index (κ2) is 9.60. The van der Waals surface area contributed by atoms with Crippen molar-refractivity contribution < 1.29 is 4.79 Å². The number of amides is 1. The summed E-state index contributed by atoms with van der Waals surface area (Å²) in [6, 6.07) is 0. The van der Waals surface area contributed by atoms with Gasteiger partial charge in [0.05, 0.1) is 11.8 Å². The Balaban J connectivity index is 1.75.